The number of nitrogens with zero attached hydrogens (tertiary/aromatic N) is 5. The summed E-state index contributed by atoms with van der Waals surface area (Å²) in [5.74, 6) is 1.07. The van der Waals surface area contributed by atoms with E-state index in [1.807, 2.05) is 41.3 Å². The van der Waals surface area contributed by atoms with Gasteiger partial charge in [0.05, 0.1) is 13.2 Å². The Morgan fingerprint density at radius 1 is 1.09 bits per heavy atom. The summed E-state index contributed by atoms with van der Waals surface area (Å²) in [4.78, 5) is 17.9. The molecule has 7 nitrogen and oxygen atoms in total. The molecule has 1 aromatic carbocycles. The molecule has 2 saturated heterocycles. The van der Waals surface area contributed by atoms with Crippen LogP contribution in [-0.2, 0) is 22.5 Å². The maximum absolute atomic E-state index is 13.5. The van der Waals surface area contributed by atoms with Crippen molar-refractivity contribution in [1.82, 2.24) is 24.6 Å². The molecule has 0 spiro atoms. The Morgan fingerprint density at radius 2 is 1.84 bits per heavy atom. The summed E-state index contributed by atoms with van der Waals surface area (Å²) < 4.78 is 7.56. The van der Waals surface area contributed by atoms with E-state index in [0.717, 1.165) is 29.5 Å². The van der Waals surface area contributed by atoms with Gasteiger partial charge in [0.2, 0.25) is 5.91 Å². The number of hydrogen-bond donors (Lipinski definition) is 0. The third kappa shape index (κ3) is 5.79. The molecule has 2 aromatic rings. The fourth-order valence-corrected chi connectivity index (χ4v) is 5.44. The van der Waals surface area contributed by atoms with E-state index in [1.54, 1.807) is 0 Å². The van der Waals surface area contributed by atoms with Gasteiger partial charge in [0.25, 0.3) is 0 Å². The van der Waals surface area contributed by atoms with E-state index in [0.29, 0.717) is 32.8 Å². The van der Waals surface area contributed by atoms with Crippen molar-refractivity contribution in [3.63, 3.8) is 0 Å². The highest BCUT2D eigenvalue weighted by Crippen LogP contribution is 2.36. The number of carbonyl (C=O) groups is 1. The van der Waals surface area contributed by atoms with Crippen molar-refractivity contribution in [2.75, 3.05) is 45.9 Å². The van der Waals surface area contributed by atoms with Gasteiger partial charge in [-0.05, 0) is 31.5 Å². The summed E-state index contributed by atoms with van der Waals surface area (Å²) in [5.41, 5.74) is 0.983. The van der Waals surface area contributed by atoms with Gasteiger partial charge in [0, 0.05) is 32.6 Å². The third-order valence-corrected chi connectivity index (χ3v) is 7.30. The first-order valence-corrected chi connectivity index (χ1v) is 12.5. The standard InChI is InChI=1S/C24H33N5O2S/c1-2-12-29-21(11-15-27-13-7-4-8-14-27)25-26-24(29)32-22(20-9-5-3-6-10-20)23(30)28-16-18-31-19-17-28/h2-3,5-6,9-10,22H,1,4,7-8,11-19H2/t22-/m0/s1. The zero-order valence-corrected chi connectivity index (χ0v) is 19.5. The number of ether oxygens (including phenoxy) is 1. The molecule has 32 heavy (non-hydrogen) atoms. The van der Waals surface area contributed by atoms with Crippen molar-refractivity contribution in [2.45, 2.75) is 42.6 Å². The Balaban J connectivity index is 1.53. The van der Waals surface area contributed by atoms with Crippen LogP contribution in [-0.4, -0.2) is 76.4 Å². The second-order valence-electron chi connectivity index (χ2n) is 8.30. The van der Waals surface area contributed by atoms with Gasteiger partial charge in [-0.25, -0.2) is 0 Å². The van der Waals surface area contributed by atoms with Crippen molar-refractivity contribution in [3.8, 4) is 0 Å². The summed E-state index contributed by atoms with van der Waals surface area (Å²) in [5, 5.41) is 9.42. The SMILES string of the molecule is C=CCn1c(CCN2CCCCC2)nnc1S[C@H](C(=O)N1CCOCC1)c1ccccc1. The van der Waals surface area contributed by atoms with Crippen LogP contribution in [0.3, 0.4) is 0 Å². The van der Waals surface area contributed by atoms with Gasteiger partial charge in [0.1, 0.15) is 11.1 Å². The van der Waals surface area contributed by atoms with Gasteiger partial charge in [0.15, 0.2) is 5.16 Å². The lowest BCUT2D eigenvalue weighted by Crippen LogP contribution is -2.42. The van der Waals surface area contributed by atoms with E-state index in [2.05, 4.69) is 26.2 Å². The molecule has 0 unspecified atom stereocenters. The van der Waals surface area contributed by atoms with Gasteiger partial charge in [-0.1, -0.05) is 54.6 Å². The Labute approximate surface area is 194 Å². The number of aromatic nitrogens is 3. The number of allylic oxidation sites excluding steroid dienone is 1. The molecule has 1 aromatic heterocycles. The summed E-state index contributed by atoms with van der Waals surface area (Å²) in [7, 11) is 0. The lowest BCUT2D eigenvalue weighted by molar-refractivity contribution is -0.134. The van der Waals surface area contributed by atoms with Crippen LogP contribution in [0.5, 0.6) is 0 Å². The highest BCUT2D eigenvalue weighted by molar-refractivity contribution is 8.00. The van der Waals surface area contributed by atoms with Crippen LogP contribution in [0, 0.1) is 0 Å². The number of amides is 1. The lowest BCUT2D eigenvalue weighted by Gasteiger charge is -2.30. The molecule has 1 atom stereocenters. The molecule has 172 valence electrons. The molecule has 2 fully saturated rings. The van der Waals surface area contributed by atoms with Crippen LogP contribution in [0.15, 0.2) is 48.1 Å². The quantitative estimate of drug-likeness (QED) is 0.428. The van der Waals surface area contributed by atoms with Crippen LogP contribution in [0.25, 0.3) is 0 Å². The van der Waals surface area contributed by atoms with Crippen molar-refractivity contribution >= 4 is 17.7 Å². The van der Waals surface area contributed by atoms with Crippen molar-refractivity contribution in [1.29, 1.82) is 0 Å². The summed E-state index contributed by atoms with van der Waals surface area (Å²) in [6.07, 6.45) is 6.63. The van der Waals surface area contributed by atoms with Crippen LogP contribution in [0.4, 0.5) is 0 Å². The number of hydrogen-bond acceptors (Lipinski definition) is 6. The van der Waals surface area contributed by atoms with E-state index >= 15 is 0 Å². The van der Waals surface area contributed by atoms with Crippen LogP contribution < -0.4 is 0 Å². The molecule has 4 rings (SSSR count). The van der Waals surface area contributed by atoms with Crippen molar-refractivity contribution < 1.29 is 9.53 Å². The predicted molar refractivity (Wildman–Crippen MR) is 127 cm³/mol. The maximum atomic E-state index is 13.5. The molecule has 8 heteroatoms. The zero-order valence-electron chi connectivity index (χ0n) is 18.7. The molecule has 0 saturated carbocycles. The van der Waals surface area contributed by atoms with Gasteiger partial charge >= 0.3 is 0 Å². The highest BCUT2D eigenvalue weighted by atomic mass is 32.2. The Hall–Kier alpha value is -2.16. The molecule has 3 heterocycles. The normalized spacial score (nSPS) is 18.4. The minimum atomic E-state index is -0.364. The molecule has 0 aliphatic carbocycles. The molecule has 0 radical (unpaired) electrons. The second-order valence-corrected chi connectivity index (χ2v) is 9.37. The number of likely N-dealkylation sites (tertiary alicyclic amines) is 1. The number of thioether (sulfide) groups is 1. The molecule has 0 N–H and O–H groups in total. The number of piperidine rings is 1. The lowest BCUT2D eigenvalue weighted by atomic mass is 10.1. The largest absolute Gasteiger partial charge is 0.378 e. The Kier molecular flexibility index (Phi) is 8.36. The van der Waals surface area contributed by atoms with E-state index in [9.17, 15) is 4.79 Å². The van der Waals surface area contributed by atoms with Gasteiger partial charge in [-0.2, -0.15) is 0 Å². The first-order valence-electron chi connectivity index (χ1n) is 11.6. The minimum absolute atomic E-state index is 0.104. The van der Waals surface area contributed by atoms with Gasteiger partial charge in [-0.15, -0.1) is 16.8 Å². The molecular weight excluding hydrogens is 422 g/mol. The van der Waals surface area contributed by atoms with E-state index in [-0.39, 0.29) is 11.2 Å². The molecule has 2 aliphatic heterocycles. The predicted octanol–water partition coefficient (Wildman–Crippen LogP) is 3.18. The Bertz CT molecular complexity index is 876. The first-order chi connectivity index (χ1) is 15.8. The van der Waals surface area contributed by atoms with Crippen LogP contribution in [0.1, 0.15) is 35.9 Å². The van der Waals surface area contributed by atoms with E-state index in [1.165, 1.54) is 44.1 Å². The zero-order chi connectivity index (χ0) is 22.2. The highest BCUT2D eigenvalue weighted by Gasteiger charge is 2.30. The topological polar surface area (TPSA) is 63.5 Å². The number of rotatable bonds is 9. The third-order valence-electron chi connectivity index (χ3n) is 6.08. The van der Waals surface area contributed by atoms with Crippen LogP contribution >= 0.6 is 11.8 Å². The average molecular weight is 456 g/mol. The fraction of sp³-hybridized carbons (Fsp3) is 0.542. The monoisotopic (exact) mass is 455 g/mol. The second kappa shape index (κ2) is 11.6. The summed E-state index contributed by atoms with van der Waals surface area (Å²) in [6, 6.07) is 9.97. The average Bonchev–Trinajstić information content (AvgIpc) is 3.24. The maximum Gasteiger partial charge on any atom is 0.240 e. The van der Waals surface area contributed by atoms with Gasteiger partial charge < -0.3 is 19.1 Å². The smallest absolute Gasteiger partial charge is 0.240 e. The molecule has 2 aliphatic rings. The van der Waals surface area contributed by atoms with Crippen molar-refractivity contribution in [2.24, 2.45) is 0 Å². The number of morpholine rings is 1. The Morgan fingerprint density at radius 3 is 2.56 bits per heavy atom. The first kappa shape index (κ1) is 23.0. The van der Waals surface area contributed by atoms with E-state index in [4.69, 9.17) is 4.74 Å². The van der Waals surface area contributed by atoms with Crippen LogP contribution in [0.2, 0.25) is 0 Å². The van der Waals surface area contributed by atoms with Crippen molar-refractivity contribution in [3.05, 3.63) is 54.4 Å². The summed E-state index contributed by atoms with van der Waals surface area (Å²) in [6.45, 7) is 10.3. The molecular formula is C24H33N5O2S. The minimum Gasteiger partial charge on any atom is -0.378 e. The van der Waals surface area contributed by atoms with Gasteiger partial charge in [-0.3, -0.25) is 4.79 Å². The number of carbonyl (C=O) groups excluding carboxylic acids is 1. The van der Waals surface area contributed by atoms with E-state index < -0.39 is 0 Å². The molecule has 1 amide bonds. The number of benzene rings is 1. The fourth-order valence-electron chi connectivity index (χ4n) is 4.29. The molecule has 0 bridgehead atoms. The summed E-state index contributed by atoms with van der Waals surface area (Å²) >= 11 is 1.49.